The Morgan fingerprint density at radius 1 is 1.43 bits per heavy atom. The molecule has 1 fully saturated rings. The number of aromatic amines is 1. The fraction of sp³-hybridized carbons (Fsp3) is 0.545. The van der Waals surface area contributed by atoms with E-state index in [4.69, 9.17) is 5.11 Å². The van der Waals surface area contributed by atoms with Gasteiger partial charge in [-0.1, -0.05) is 12.8 Å². The molecule has 0 spiro atoms. The molecular formula is C11H15NO2. The maximum atomic E-state index is 11.0. The van der Waals surface area contributed by atoms with Gasteiger partial charge in [0.05, 0.1) is 5.92 Å². The van der Waals surface area contributed by atoms with Crippen LogP contribution in [0.3, 0.4) is 0 Å². The van der Waals surface area contributed by atoms with Gasteiger partial charge < -0.3 is 10.1 Å². The fourth-order valence-corrected chi connectivity index (χ4v) is 2.37. The molecule has 0 bridgehead atoms. The van der Waals surface area contributed by atoms with Crippen molar-refractivity contribution in [3.8, 4) is 0 Å². The zero-order valence-electron chi connectivity index (χ0n) is 8.07. The first-order valence-electron chi connectivity index (χ1n) is 5.15. The average molecular weight is 193 g/mol. The van der Waals surface area contributed by atoms with Crippen LogP contribution >= 0.6 is 0 Å². The first-order chi connectivity index (χ1) is 6.79. The van der Waals surface area contributed by atoms with Crippen molar-refractivity contribution < 1.29 is 9.90 Å². The van der Waals surface area contributed by atoms with E-state index in [1.807, 2.05) is 18.3 Å². The van der Waals surface area contributed by atoms with Crippen LogP contribution in [0.5, 0.6) is 0 Å². The van der Waals surface area contributed by atoms with E-state index >= 15 is 0 Å². The Hall–Kier alpha value is -1.25. The standard InChI is InChI=1S/C11H15NO2/c13-11(14)9-5-2-1-4-8(9)10-6-3-7-12-10/h3,6-9,12H,1-2,4-5H2,(H,13,14). The number of hydrogen-bond acceptors (Lipinski definition) is 1. The lowest BCUT2D eigenvalue weighted by Crippen LogP contribution is -2.25. The highest BCUT2D eigenvalue weighted by Gasteiger charge is 2.32. The number of H-pyrrole nitrogens is 1. The fourth-order valence-electron chi connectivity index (χ4n) is 2.37. The monoisotopic (exact) mass is 193 g/mol. The first-order valence-corrected chi connectivity index (χ1v) is 5.15. The molecule has 76 valence electrons. The minimum absolute atomic E-state index is 0.191. The van der Waals surface area contributed by atoms with E-state index in [-0.39, 0.29) is 11.8 Å². The Morgan fingerprint density at radius 2 is 2.21 bits per heavy atom. The van der Waals surface area contributed by atoms with Crippen LogP contribution in [0.2, 0.25) is 0 Å². The van der Waals surface area contributed by atoms with Gasteiger partial charge >= 0.3 is 5.97 Å². The van der Waals surface area contributed by atoms with Crippen LogP contribution in [0.25, 0.3) is 0 Å². The normalized spacial score (nSPS) is 27.4. The molecule has 1 saturated carbocycles. The van der Waals surface area contributed by atoms with E-state index in [2.05, 4.69) is 4.98 Å². The maximum absolute atomic E-state index is 11.0. The molecule has 1 aromatic heterocycles. The topological polar surface area (TPSA) is 53.1 Å². The largest absolute Gasteiger partial charge is 0.481 e. The minimum Gasteiger partial charge on any atom is -0.481 e. The molecule has 1 aromatic rings. The number of nitrogens with one attached hydrogen (secondary N) is 1. The highest BCUT2D eigenvalue weighted by atomic mass is 16.4. The summed E-state index contributed by atoms with van der Waals surface area (Å²) in [5, 5.41) is 9.09. The van der Waals surface area contributed by atoms with Gasteiger partial charge in [0, 0.05) is 17.8 Å². The van der Waals surface area contributed by atoms with E-state index in [1.165, 1.54) is 0 Å². The van der Waals surface area contributed by atoms with E-state index in [0.717, 1.165) is 31.4 Å². The number of carboxylic acids is 1. The van der Waals surface area contributed by atoms with Crippen molar-refractivity contribution in [2.45, 2.75) is 31.6 Å². The smallest absolute Gasteiger partial charge is 0.307 e. The molecular weight excluding hydrogens is 178 g/mol. The van der Waals surface area contributed by atoms with Crippen molar-refractivity contribution in [1.29, 1.82) is 0 Å². The van der Waals surface area contributed by atoms with Crippen molar-refractivity contribution in [2.75, 3.05) is 0 Å². The lowest BCUT2D eigenvalue weighted by atomic mass is 9.77. The van der Waals surface area contributed by atoms with Crippen LogP contribution in [-0.2, 0) is 4.79 Å². The highest BCUT2D eigenvalue weighted by Crippen LogP contribution is 2.36. The van der Waals surface area contributed by atoms with E-state index in [9.17, 15) is 4.79 Å². The van der Waals surface area contributed by atoms with Gasteiger partial charge in [0.25, 0.3) is 0 Å². The zero-order valence-corrected chi connectivity index (χ0v) is 8.07. The van der Waals surface area contributed by atoms with Crippen LogP contribution in [0, 0.1) is 5.92 Å². The summed E-state index contributed by atoms with van der Waals surface area (Å²) in [6.07, 6.45) is 5.88. The maximum Gasteiger partial charge on any atom is 0.307 e. The van der Waals surface area contributed by atoms with Gasteiger partial charge in [-0.25, -0.2) is 0 Å². The molecule has 0 aromatic carbocycles. The van der Waals surface area contributed by atoms with E-state index < -0.39 is 5.97 Å². The van der Waals surface area contributed by atoms with Crippen LogP contribution < -0.4 is 0 Å². The Balaban J connectivity index is 2.18. The predicted molar refractivity (Wildman–Crippen MR) is 53.1 cm³/mol. The van der Waals surface area contributed by atoms with Gasteiger partial charge in [0.15, 0.2) is 0 Å². The second kappa shape index (κ2) is 3.86. The summed E-state index contributed by atoms with van der Waals surface area (Å²) in [7, 11) is 0. The van der Waals surface area contributed by atoms with Gasteiger partial charge in [-0.05, 0) is 25.0 Å². The number of aromatic nitrogens is 1. The number of carboxylic acid groups (broad SMARTS) is 1. The quantitative estimate of drug-likeness (QED) is 0.757. The van der Waals surface area contributed by atoms with Gasteiger partial charge in [0.1, 0.15) is 0 Å². The van der Waals surface area contributed by atoms with E-state index in [1.54, 1.807) is 0 Å². The molecule has 2 rings (SSSR count). The van der Waals surface area contributed by atoms with Gasteiger partial charge in [-0.15, -0.1) is 0 Å². The molecule has 0 aliphatic heterocycles. The Labute approximate surface area is 83.1 Å². The highest BCUT2D eigenvalue weighted by molar-refractivity contribution is 5.71. The predicted octanol–water partition coefficient (Wildman–Crippen LogP) is 2.37. The summed E-state index contributed by atoms with van der Waals surface area (Å²) in [5.41, 5.74) is 1.08. The van der Waals surface area contributed by atoms with Crippen LogP contribution in [-0.4, -0.2) is 16.1 Å². The molecule has 1 aliphatic rings. The van der Waals surface area contributed by atoms with Crippen molar-refractivity contribution >= 4 is 5.97 Å². The molecule has 0 saturated heterocycles. The molecule has 2 unspecified atom stereocenters. The molecule has 3 nitrogen and oxygen atoms in total. The number of hydrogen-bond donors (Lipinski definition) is 2. The van der Waals surface area contributed by atoms with Gasteiger partial charge in [0.2, 0.25) is 0 Å². The summed E-state index contributed by atoms with van der Waals surface area (Å²) in [6.45, 7) is 0. The van der Waals surface area contributed by atoms with Crippen molar-refractivity contribution in [3.05, 3.63) is 24.0 Å². The number of rotatable bonds is 2. The zero-order chi connectivity index (χ0) is 9.97. The third-order valence-corrected chi connectivity index (χ3v) is 3.10. The Kier molecular flexibility index (Phi) is 2.57. The first kappa shape index (κ1) is 9.31. The molecule has 3 heteroatoms. The van der Waals surface area contributed by atoms with Gasteiger partial charge in [-0.2, -0.15) is 0 Å². The number of aliphatic carboxylic acids is 1. The molecule has 14 heavy (non-hydrogen) atoms. The molecule has 2 atom stereocenters. The summed E-state index contributed by atoms with van der Waals surface area (Å²) >= 11 is 0. The molecule has 2 N–H and O–H groups in total. The van der Waals surface area contributed by atoms with Crippen molar-refractivity contribution in [3.63, 3.8) is 0 Å². The summed E-state index contributed by atoms with van der Waals surface area (Å²) in [4.78, 5) is 14.2. The van der Waals surface area contributed by atoms with E-state index in [0.29, 0.717) is 0 Å². The SMILES string of the molecule is O=C(O)C1CCCCC1c1ccc[nH]1. The lowest BCUT2D eigenvalue weighted by molar-refractivity contribution is -0.143. The third kappa shape index (κ3) is 1.67. The third-order valence-electron chi connectivity index (χ3n) is 3.10. The average Bonchev–Trinajstić information content (AvgIpc) is 2.70. The number of carbonyl (C=O) groups is 1. The van der Waals surface area contributed by atoms with Crippen molar-refractivity contribution in [2.24, 2.45) is 5.92 Å². The molecule has 1 aliphatic carbocycles. The summed E-state index contributed by atoms with van der Waals surface area (Å²) in [6, 6.07) is 3.93. The second-order valence-corrected chi connectivity index (χ2v) is 3.96. The molecule has 1 heterocycles. The van der Waals surface area contributed by atoms with Crippen LogP contribution in [0.15, 0.2) is 18.3 Å². The summed E-state index contributed by atoms with van der Waals surface area (Å²) in [5.74, 6) is -0.650. The molecule has 0 radical (unpaired) electrons. The Bertz CT molecular complexity index is 305. The van der Waals surface area contributed by atoms with Crippen LogP contribution in [0.4, 0.5) is 0 Å². The molecule has 0 amide bonds. The van der Waals surface area contributed by atoms with Crippen molar-refractivity contribution in [1.82, 2.24) is 4.98 Å². The summed E-state index contributed by atoms with van der Waals surface area (Å²) < 4.78 is 0. The van der Waals surface area contributed by atoms with Crippen LogP contribution in [0.1, 0.15) is 37.3 Å². The Morgan fingerprint density at radius 3 is 2.86 bits per heavy atom. The van der Waals surface area contributed by atoms with Gasteiger partial charge in [-0.3, -0.25) is 4.79 Å². The lowest BCUT2D eigenvalue weighted by Gasteiger charge is -2.27. The second-order valence-electron chi connectivity index (χ2n) is 3.96. The minimum atomic E-state index is -0.649.